The molecule has 6 rings (SSSR count). The maximum absolute atomic E-state index is 14.5. The fraction of sp³-hybridized carbons (Fsp3) is 0.586. The number of hydrogen-bond donors (Lipinski definition) is 6. The van der Waals surface area contributed by atoms with E-state index in [4.69, 9.17) is 0 Å². The van der Waals surface area contributed by atoms with Gasteiger partial charge in [0.05, 0.1) is 50.1 Å². The maximum Gasteiger partial charge on any atom is 0.246 e. The molecule has 410 valence electrons. The smallest absolute Gasteiger partial charge is 0.246 e. The normalized spacial score (nSPS) is 21.0. The van der Waals surface area contributed by atoms with Crippen molar-refractivity contribution in [1.29, 1.82) is 0 Å². The molecule has 2 aromatic rings. The number of benzene rings is 2. The lowest BCUT2D eigenvalue weighted by atomic mass is 9.85. The molecule has 0 unspecified atom stereocenters. The Bertz CT molecular complexity index is 2440. The molecule has 2 heterocycles. The molecule has 2 saturated heterocycles. The Balaban J connectivity index is 1.13. The highest BCUT2D eigenvalue weighted by Gasteiger charge is 2.46. The molecule has 18 heteroatoms. The lowest BCUT2D eigenvalue weighted by molar-refractivity contribution is -0.152. The van der Waals surface area contributed by atoms with E-state index >= 15 is 0 Å². The summed E-state index contributed by atoms with van der Waals surface area (Å²) in [6.07, 6.45) is 4.54. The number of nitrogens with zero attached hydrogens (tertiary/aromatic N) is 4. The molecule has 0 saturated carbocycles. The standard InChI is InChI=1S/C58H80N10O8/c1-37(59-9)51(71)63-49(57(3,4)5)55(75)67-33-31-65(35-45(67)53(73)61-43-27-19-23-39-21-15-17-25-41(39)43)47(69)29-13-11-12-14-30-48(70)66-32-34-68(56(76)50(58(6,7)8)64-52(72)38(2)60-10)46(36-66)54(74)62-44-28-20-24-40-22-16-18-26-42(40)44/h15-18,21-22,25-26,37-38,43-46,49-50,59-60H,19-20,23-24,27-36H2,1-10H3,(H,61,73)(H,62,74)(H,63,71)(H,64,72)/t37-,38-,43+,44+,45-,46-,49+,50+/m0/s1. The van der Waals surface area contributed by atoms with Gasteiger partial charge in [-0.15, -0.1) is 0 Å². The van der Waals surface area contributed by atoms with Crippen LogP contribution >= 0.6 is 0 Å². The number of likely N-dealkylation sites (N-methyl/N-ethyl adjacent to an activating group) is 2. The van der Waals surface area contributed by atoms with E-state index < -0.39 is 70.7 Å². The van der Waals surface area contributed by atoms with Gasteiger partial charge in [-0.3, -0.25) is 38.4 Å². The van der Waals surface area contributed by atoms with E-state index in [0.717, 1.165) is 60.8 Å². The Morgan fingerprint density at radius 1 is 0.566 bits per heavy atom. The SMILES string of the molecule is CN[C@@H](C)C(=O)N[C@H](C(=O)N1CCN(C(=O)CC#CC#CCC(=O)N2CCN(C(=O)[C@@H](NC(=O)[C@H](C)NC)C(C)(C)C)[C@H](C(=O)N[C@@H]3CCCc4ccccc43)C2)C[C@H]1C(=O)N[C@@H]1CCCc2ccccc21)C(C)(C)C. The van der Waals surface area contributed by atoms with Crippen LogP contribution in [0.1, 0.15) is 128 Å². The zero-order valence-electron chi connectivity index (χ0n) is 46.2. The Labute approximate surface area is 449 Å². The van der Waals surface area contributed by atoms with Crippen molar-refractivity contribution >= 4 is 47.3 Å². The number of hydrogen-bond acceptors (Lipinski definition) is 10. The molecule has 2 aliphatic heterocycles. The summed E-state index contributed by atoms with van der Waals surface area (Å²) >= 11 is 0. The van der Waals surface area contributed by atoms with Gasteiger partial charge in [0.15, 0.2) is 0 Å². The number of carbonyl (C=O) groups excluding carboxylic acids is 8. The molecule has 76 heavy (non-hydrogen) atoms. The topological polar surface area (TPSA) is 222 Å². The van der Waals surface area contributed by atoms with Gasteiger partial charge in [0, 0.05) is 26.2 Å². The molecular weight excluding hydrogens is 965 g/mol. The Morgan fingerprint density at radius 3 is 1.29 bits per heavy atom. The quantitative estimate of drug-likeness (QED) is 0.152. The summed E-state index contributed by atoms with van der Waals surface area (Å²) in [5, 5.41) is 18.0. The number of carbonyl (C=O) groups is 8. The zero-order valence-corrected chi connectivity index (χ0v) is 46.2. The Kier molecular flexibility index (Phi) is 19.9. The predicted octanol–water partition coefficient (Wildman–Crippen LogP) is 2.52. The van der Waals surface area contributed by atoms with Crippen LogP contribution in [0.5, 0.6) is 0 Å². The van der Waals surface area contributed by atoms with Gasteiger partial charge >= 0.3 is 0 Å². The van der Waals surface area contributed by atoms with Gasteiger partial charge in [0.2, 0.25) is 47.3 Å². The second kappa shape index (κ2) is 25.9. The minimum Gasteiger partial charge on any atom is -0.347 e. The molecule has 2 fully saturated rings. The number of amides is 8. The third-order valence-electron chi connectivity index (χ3n) is 15.2. The summed E-state index contributed by atoms with van der Waals surface area (Å²) in [5.74, 6) is 7.89. The van der Waals surface area contributed by atoms with Crippen molar-refractivity contribution in [1.82, 2.24) is 51.5 Å². The highest BCUT2D eigenvalue weighted by atomic mass is 16.2. The first-order valence-corrected chi connectivity index (χ1v) is 26.9. The highest BCUT2D eigenvalue weighted by Crippen LogP contribution is 2.32. The summed E-state index contributed by atoms with van der Waals surface area (Å²) in [6, 6.07) is 10.2. The van der Waals surface area contributed by atoms with Gasteiger partial charge in [-0.05, 0) is 111 Å². The van der Waals surface area contributed by atoms with Gasteiger partial charge in [-0.2, -0.15) is 0 Å². The third kappa shape index (κ3) is 14.6. The van der Waals surface area contributed by atoms with E-state index in [1.165, 1.54) is 19.6 Å². The van der Waals surface area contributed by atoms with Crippen molar-refractivity contribution < 1.29 is 38.4 Å². The summed E-state index contributed by atoms with van der Waals surface area (Å²) in [7, 11) is 3.31. The van der Waals surface area contributed by atoms with Crippen LogP contribution in [-0.2, 0) is 51.2 Å². The van der Waals surface area contributed by atoms with E-state index in [1.807, 2.05) is 77.9 Å². The first-order valence-electron chi connectivity index (χ1n) is 26.9. The fourth-order valence-corrected chi connectivity index (χ4v) is 10.3. The van der Waals surface area contributed by atoms with Crippen molar-refractivity contribution in [2.75, 3.05) is 53.4 Å². The monoisotopic (exact) mass is 1040 g/mol. The van der Waals surface area contributed by atoms with Crippen LogP contribution in [0.3, 0.4) is 0 Å². The molecule has 6 N–H and O–H groups in total. The number of fused-ring (bicyclic) bond motifs is 2. The molecule has 0 radical (unpaired) electrons. The molecule has 8 atom stereocenters. The van der Waals surface area contributed by atoms with Crippen LogP contribution in [-0.4, -0.2) is 156 Å². The number of nitrogens with one attached hydrogen (secondary N) is 6. The summed E-state index contributed by atoms with van der Waals surface area (Å²) < 4.78 is 0. The van der Waals surface area contributed by atoms with Gasteiger partial charge in [0.25, 0.3) is 0 Å². The number of piperazine rings is 2. The third-order valence-corrected chi connectivity index (χ3v) is 15.2. The van der Waals surface area contributed by atoms with E-state index in [-0.39, 0.29) is 87.8 Å². The molecule has 0 spiro atoms. The average molecular weight is 1050 g/mol. The molecule has 4 aliphatic rings. The second-order valence-electron chi connectivity index (χ2n) is 22.7. The molecule has 0 aromatic heterocycles. The Morgan fingerprint density at radius 2 is 0.934 bits per heavy atom. The van der Waals surface area contributed by atoms with Crippen molar-refractivity contribution in [2.45, 2.75) is 155 Å². The van der Waals surface area contributed by atoms with Gasteiger partial charge < -0.3 is 51.5 Å². The highest BCUT2D eigenvalue weighted by molar-refractivity contribution is 5.96. The largest absolute Gasteiger partial charge is 0.347 e. The van der Waals surface area contributed by atoms with Crippen molar-refractivity contribution in [3.8, 4) is 23.7 Å². The van der Waals surface area contributed by atoms with E-state index in [2.05, 4.69) is 67.7 Å². The molecule has 18 nitrogen and oxygen atoms in total. The van der Waals surface area contributed by atoms with E-state index in [9.17, 15) is 38.4 Å². The van der Waals surface area contributed by atoms with E-state index in [0.29, 0.717) is 0 Å². The minimum absolute atomic E-state index is 0.0481. The first kappa shape index (κ1) is 58.5. The van der Waals surface area contributed by atoms with Crippen molar-refractivity contribution in [2.24, 2.45) is 10.8 Å². The van der Waals surface area contributed by atoms with Crippen LogP contribution in [0.25, 0.3) is 0 Å². The lowest BCUT2D eigenvalue weighted by Gasteiger charge is -2.44. The van der Waals surface area contributed by atoms with E-state index in [1.54, 1.807) is 27.9 Å². The number of aryl methyl sites for hydroxylation is 2. The lowest BCUT2D eigenvalue weighted by Crippen LogP contribution is -2.66. The number of rotatable bonds is 14. The molecule has 2 aliphatic carbocycles. The summed E-state index contributed by atoms with van der Waals surface area (Å²) in [5.41, 5.74) is 2.94. The second-order valence-corrected chi connectivity index (χ2v) is 22.7. The fourth-order valence-electron chi connectivity index (χ4n) is 10.3. The maximum atomic E-state index is 14.5. The van der Waals surface area contributed by atoms with Gasteiger partial charge in [-0.25, -0.2) is 0 Å². The van der Waals surface area contributed by atoms with Crippen LogP contribution in [0.2, 0.25) is 0 Å². The van der Waals surface area contributed by atoms with Gasteiger partial charge in [0.1, 0.15) is 24.2 Å². The van der Waals surface area contributed by atoms with Crippen LogP contribution < -0.4 is 31.9 Å². The Hall–Kier alpha value is -6.76. The summed E-state index contributed by atoms with van der Waals surface area (Å²) in [6.45, 7) is 14.7. The van der Waals surface area contributed by atoms with Crippen LogP contribution in [0.15, 0.2) is 48.5 Å². The molecule has 8 amide bonds. The van der Waals surface area contributed by atoms with Crippen LogP contribution in [0.4, 0.5) is 0 Å². The minimum atomic E-state index is -1.05. The van der Waals surface area contributed by atoms with Crippen LogP contribution in [0, 0.1) is 34.5 Å². The zero-order chi connectivity index (χ0) is 55.5. The molecular formula is C58H80N10O8. The van der Waals surface area contributed by atoms with Crippen molar-refractivity contribution in [3.63, 3.8) is 0 Å². The van der Waals surface area contributed by atoms with Crippen molar-refractivity contribution in [3.05, 3.63) is 70.8 Å². The van der Waals surface area contributed by atoms with Gasteiger partial charge in [-0.1, -0.05) is 102 Å². The summed E-state index contributed by atoms with van der Waals surface area (Å²) in [4.78, 5) is 118. The average Bonchev–Trinajstić information content (AvgIpc) is 3.40. The first-order chi connectivity index (χ1) is 36.0. The molecule has 0 bridgehead atoms. The molecule has 2 aromatic carbocycles. The predicted molar refractivity (Wildman–Crippen MR) is 289 cm³/mol.